The third-order valence-corrected chi connectivity index (χ3v) is 5.56. The molecule has 0 aromatic heterocycles. The lowest BCUT2D eigenvalue weighted by atomic mass is 10.1. The Morgan fingerprint density at radius 1 is 0.935 bits per heavy atom. The summed E-state index contributed by atoms with van der Waals surface area (Å²) in [6.07, 6.45) is 0.920. The van der Waals surface area contributed by atoms with Crippen molar-refractivity contribution in [1.29, 1.82) is 0 Å². The summed E-state index contributed by atoms with van der Waals surface area (Å²) in [6, 6.07) is 18.5. The number of rotatable bonds is 11. The molecule has 0 saturated heterocycles. The zero-order valence-corrected chi connectivity index (χ0v) is 19.4. The Balaban J connectivity index is 1.60. The number of benzene rings is 3. The number of methoxy groups -OCH3 is 1. The number of halogens is 2. The second-order valence-corrected chi connectivity index (χ2v) is 7.83. The summed E-state index contributed by atoms with van der Waals surface area (Å²) >= 11 is 3.62. The molecule has 0 heterocycles. The first-order chi connectivity index (χ1) is 15.1. The van der Waals surface area contributed by atoms with E-state index in [0.29, 0.717) is 30.2 Å². The van der Waals surface area contributed by atoms with Gasteiger partial charge in [-0.3, -0.25) is 0 Å². The van der Waals surface area contributed by atoms with Gasteiger partial charge in [0, 0.05) is 16.6 Å². The van der Waals surface area contributed by atoms with Gasteiger partial charge in [0.1, 0.15) is 18.2 Å². The van der Waals surface area contributed by atoms with Gasteiger partial charge in [-0.25, -0.2) is 4.39 Å². The maximum absolute atomic E-state index is 13.9. The molecule has 0 bridgehead atoms. The van der Waals surface area contributed by atoms with Crippen LogP contribution in [-0.4, -0.2) is 20.3 Å². The predicted molar refractivity (Wildman–Crippen MR) is 124 cm³/mol. The third kappa shape index (κ3) is 6.71. The van der Waals surface area contributed by atoms with Gasteiger partial charge in [-0.15, -0.1) is 0 Å². The first-order valence-electron chi connectivity index (χ1n) is 10.3. The Morgan fingerprint density at radius 3 is 2.39 bits per heavy atom. The summed E-state index contributed by atoms with van der Waals surface area (Å²) < 4.78 is 31.6. The van der Waals surface area contributed by atoms with Crippen molar-refractivity contribution in [3.63, 3.8) is 0 Å². The number of hydrogen-bond donors (Lipinski definition) is 1. The predicted octanol–water partition coefficient (Wildman–Crippen LogP) is 5.91. The lowest BCUT2D eigenvalue weighted by Gasteiger charge is -2.16. The van der Waals surface area contributed by atoms with Gasteiger partial charge in [-0.05, 0) is 61.3 Å². The van der Waals surface area contributed by atoms with Crippen LogP contribution in [0.4, 0.5) is 4.39 Å². The normalized spacial score (nSPS) is 10.7. The highest BCUT2D eigenvalue weighted by atomic mass is 79.9. The third-order valence-electron chi connectivity index (χ3n) is 4.82. The van der Waals surface area contributed by atoms with Crippen molar-refractivity contribution in [1.82, 2.24) is 5.32 Å². The molecular formula is C25H27BrFNO3. The molecule has 0 radical (unpaired) electrons. The summed E-state index contributed by atoms with van der Waals surface area (Å²) in [7, 11) is 1.67. The first kappa shape index (κ1) is 23.1. The van der Waals surface area contributed by atoms with Crippen molar-refractivity contribution in [2.24, 2.45) is 0 Å². The Bertz CT molecular complexity index is 979. The molecule has 3 aromatic carbocycles. The molecule has 1 N–H and O–H groups in total. The standard InChI is InChI=1S/C25H27BrFNO3/c1-3-30-24-14-20(16-28-13-12-18-8-10-21(29-2)11-9-18)22(26)15-25(24)31-17-19-6-4-5-7-23(19)27/h4-11,14-15,28H,3,12-13,16-17H2,1-2H3. The van der Waals surface area contributed by atoms with Crippen LogP contribution < -0.4 is 19.5 Å². The van der Waals surface area contributed by atoms with Gasteiger partial charge in [-0.2, -0.15) is 0 Å². The fourth-order valence-electron chi connectivity index (χ4n) is 3.11. The van der Waals surface area contributed by atoms with E-state index in [2.05, 4.69) is 33.4 Å². The van der Waals surface area contributed by atoms with E-state index >= 15 is 0 Å². The monoisotopic (exact) mass is 487 g/mol. The molecule has 0 aliphatic heterocycles. The highest BCUT2D eigenvalue weighted by Crippen LogP contribution is 2.34. The van der Waals surface area contributed by atoms with Crippen LogP contribution in [0, 0.1) is 5.82 Å². The molecule has 6 heteroatoms. The largest absolute Gasteiger partial charge is 0.497 e. The van der Waals surface area contributed by atoms with Crippen LogP contribution in [0.3, 0.4) is 0 Å². The van der Waals surface area contributed by atoms with Crippen LogP contribution >= 0.6 is 15.9 Å². The highest BCUT2D eigenvalue weighted by molar-refractivity contribution is 9.10. The van der Waals surface area contributed by atoms with Crippen LogP contribution in [0.25, 0.3) is 0 Å². The van der Waals surface area contributed by atoms with E-state index in [-0.39, 0.29) is 12.4 Å². The van der Waals surface area contributed by atoms with E-state index < -0.39 is 0 Å². The van der Waals surface area contributed by atoms with Gasteiger partial charge in [0.05, 0.1) is 13.7 Å². The number of hydrogen-bond acceptors (Lipinski definition) is 4. The zero-order valence-electron chi connectivity index (χ0n) is 17.8. The summed E-state index contributed by atoms with van der Waals surface area (Å²) in [5.41, 5.74) is 2.82. The molecule has 4 nitrogen and oxygen atoms in total. The summed E-state index contributed by atoms with van der Waals surface area (Å²) in [4.78, 5) is 0. The van der Waals surface area contributed by atoms with Crippen LogP contribution in [0.2, 0.25) is 0 Å². The Hall–Kier alpha value is -2.57. The average molecular weight is 488 g/mol. The molecular weight excluding hydrogens is 461 g/mol. The molecule has 0 atom stereocenters. The Labute approximate surface area is 191 Å². The smallest absolute Gasteiger partial charge is 0.162 e. The van der Waals surface area contributed by atoms with Crippen molar-refractivity contribution in [2.75, 3.05) is 20.3 Å². The van der Waals surface area contributed by atoms with E-state index in [1.54, 1.807) is 25.3 Å². The minimum Gasteiger partial charge on any atom is -0.497 e. The van der Waals surface area contributed by atoms with Gasteiger partial charge in [-0.1, -0.05) is 46.3 Å². The summed E-state index contributed by atoms with van der Waals surface area (Å²) in [6.45, 7) is 4.11. The van der Waals surface area contributed by atoms with Crippen LogP contribution in [0.15, 0.2) is 65.1 Å². The van der Waals surface area contributed by atoms with E-state index in [0.717, 1.165) is 28.8 Å². The highest BCUT2D eigenvalue weighted by Gasteiger charge is 2.12. The van der Waals surface area contributed by atoms with Gasteiger partial charge >= 0.3 is 0 Å². The van der Waals surface area contributed by atoms with E-state index in [4.69, 9.17) is 14.2 Å². The lowest BCUT2D eigenvalue weighted by molar-refractivity contribution is 0.265. The van der Waals surface area contributed by atoms with E-state index in [9.17, 15) is 4.39 Å². The maximum Gasteiger partial charge on any atom is 0.162 e. The quantitative estimate of drug-likeness (QED) is 0.341. The molecule has 0 saturated carbocycles. The second kappa shape index (κ2) is 11.7. The average Bonchev–Trinajstić information content (AvgIpc) is 2.79. The second-order valence-electron chi connectivity index (χ2n) is 6.98. The topological polar surface area (TPSA) is 39.7 Å². The molecule has 3 rings (SSSR count). The fourth-order valence-corrected chi connectivity index (χ4v) is 3.58. The van der Waals surface area contributed by atoms with Gasteiger partial charge in [0.25, 0.3) is 0 Å². The molecule has 3 aromatic rings. The fraction of sp³-hybridized carbons (Fsp3) is 0.280. The molecule has 0 unspecified atom stereocenters. The number of nitrogens with one attached hydrogen (secondary N) is 1. The van der Waals surface area contributed by atoms with Gasteiger partial charge in [0.2, 0.25) is 0 Å². The van der Waals surface area contributed by atoms with Crippen molar-refractivity contribution in [3.05, 3.63) is 87.6 Å². The Kier molecular flexibility index (Phi) is 8.74. The number of ether oxygens (including phenoxy) is 3. The van der Waals surface area contributed by atoms with Crippen LogP contribution in [0.5, 0.6) is 17.2 Å². The molecule has 164 valence electrons. The lowest BCUT2D eigenvalue weighted by Crippen LogP contribution is -2.17. The summed E-state index contributed by atoms with van der Waals surface area (Å²) in [5.74, 6) is 1.81. The van der Waals surface area contributed by atoms with Crippen molar-refractivity contribution >= 4 is 15.9 Å². The van der Waals surface area contributed by atoms with Gasteiger partial charge in [0.15, 0.2) is 11.5 Å². The van der Waals surface area contributed by atoms with Gasteiger partial charge < -0.3 is 19.5 Å². The van der Waals surface area contributed by atoms with E-state index in [1.807, 2.05) is 31.2 Å². The van der Waals surface area contributed by atoms with E-state index in [1.165, 1.54) is 11.6 Å². The molecule has 0 aliphatic carbocycles. The molecule has 31 heavy (non-hydrogen) atoms. The molecule has 0 spiro atoms. The van der Waals surface area contributed by atoms with Crippen molar-refractivity contribution in [3.8, 4) is 17.2 Å². The SMILES string of the molecule is CCOc1cc(CNCCc2ccc(OC)cc2)c(Br)cc1OCc1ccccc1F. The molecule has 0 aliphatic rings. The van der Waals surface area contributed by atoms with Crippen molar-refractivity contribution in [2.45, 2.75) is 26.5 Å². The summed E-state index contributed by atoms with van der Waals surface area (Å²) in [5, 5.41) is 3.47. The van der Waals surface area contributed by atoms with Crippen molar-refractivity contribution < 1.29 is 18.6 Å². The minimum absolute atomic E-state index is 0.138. The molecule has 0 fully saturated rings. The zero-order chi connectivity index (χ0) is 22.1. The maximum atomic E-state index is 13.9. The first-order valence-corrected chi connectivity index (χ1v) is 11.0. The Morgan fingerprint density at radius 2 is 1.68 bits per heavy atom. The minimum atomic E-state index is -0.280. The van der Waals surface area contributed by atoms with Crippen LogP contribution in [-0.2, 0) is 19.6 Å². The van der Waals surface area contributed by atoms with Crippen LogP contribution in [0.1, 0.15) is 23.6 Å². The molecule has 0 amide bonds.